The minimum Gasteiger partial charge on any atom is -0.387 e. The second-order valence-electron chi connectivity index (χ2n) is 6.57. The van der Waals surface area contributed by atoms with Gasteiger partial charge in [0.15, 0.2) is 0 Å². The van der Waals surface area contributed by atoms with E-state index in [1.165, 1.54) is 28.9 Å². The summed E-state index contributed by atoms with van der Waals surface area (Å²) in [5.74, 6) is -0.270. The Bertz CT molecular complexity index is 679. The Morgan fingerprint density at radius 2 is 1.67 bits per heavy atom. The number of anilines is 1. The molecule has 0 spiro atoms. The minimum absolute atomic E-state index is 0.270. The predicted molar refractivity (Wildman–Crippen MR) is 95.9 cm³/mol. The molecule has 1 saturated heterocycles. The van der Waals surface area contributed by atoms with Gasteiger partial charge in [0.2, 0.25) is 0 Å². The third-order valence-corrected chi connectivity index (χ3v) is 4.97. The molecular weight excluding hydrogens is 303 g/mol. The average molecular weight is 328 g/mol. The molecule has 1 unspecified atom stereocenters. The van der Waals surface area contributed by atoms with Crippen molar-refractivity contribution in [2.75, 3.05) is 37.6 Å². The van der Waals surface area contributed by atoms with Gasteiger partial charge in [0, 0.05) is 38.4 Å². The second kappa shape index (κ2) is 7.32. The predicted octanol–water partition coefficient (Wildman–Crippen LogP) is 3.30. The van der Waals surface area contributed by atoms with E-state index in [-0.39, 0.29) is 5.82 Å². The number of halogens is 1. The van der Waals surface area contributed by atoms with Crippen LogP contribution in [0.25, 0.3) is 0 Å². The van der Waals surface area contributed by atoms with Crippen LogP contribution in [0.5, 0.6) is 0 Å². The van der Waals surface area contributed by atoms with Gasteiger partial charge in [-0.15, -0.1) is 0 Å². The lowest BCUT2D eigenvalue weighted by atomic mass is 10.1. The molecule has 128 valence electrons. The van der Waals surface area contributed by atoms with Crippen molar-refractivity contribution in [2.45, 2.75) is 20.0 Å². The lowest BCUT2D eigenvalue weighted by molar-refractivity contribution is 0.109. The maximum absolute atomic E-state index is 13.0. The molecule has 3 nitrogen and oxygen atoms in total. The van der Waals surface area contributed by atoms with E-state index in [2.05, 4.69) is 41.8 Å². The van der Waals surface area contributed by atoms with Gasteiger partial charge in [-0.1, -0.05) is 24.3 Å². The summed E-state index contributed by atoms with van der Waals surface area (Å²) in [6.45, 7) is 8.67. The smallest absolute Gasteiger partial charge is 0.123 e. The number of β-amino-alcohol motifs (C(OH)–C–C–N with tert-alkyl or cyclic N) is 1. The number of aliphatic hydroxyl groups is 1. The summed E-state index contributed by atoms with van der Waals surface area (Å²) in [4.78, 5) is 4.69. The number of aliphatic hydroxyl groups excluding tert-OH is 1. The summed E-state index contributed by atoms with van der Waals surface area (Å²) in [6, 6.07) is 12.6. The number of piperazine rings is 1. The van der Waals surface area contributed by atoms with Crippen LogP contribution in [0.2, 0.25) is 0 Å². The zero-order valence-corrected chi connectivity index (χ0v) is 14.4. The molecule has 3 rings (SSSR count). The van der Waals surface area contributed by atoms with Crippen LogP contribution in [0.1, 0.15) is 22.8 Å². The Morgan fingerprint density at radius 3 is 2.33 bits per heavy atom. The van der Waals surface area contributed by atoms with Crippen LogP contribution in [-0.2, 0) is 0 Å². The molecule has 4 heteroatoms. The fraction of sp³-hybridized carbons (Fsp3) is 0.400. The Kier molecular flexibility index (Phi) is 5.17. The zero-order chi connectivity index (χ0) is 17.1. The van der Waals surface area contributed by atoms with Gasteiger partial charge in [0.25, 0.3) is 0 Å². The molecule has 24 heavy (non-hydrogen) atoms. The van der Waals surface area contributed by atoms with E-state index >= 15 is 0 Å². The first-order valence-electron chi connectivity index (χ1n) is 8.51. The van der Waals surface area contributed by atoms with Crippen LogP contribution in [-0.4, -0.2) is 42.7 Å². The number of nitrogens with zero attached hydrogens (tertiary/aromatic N) is 2. The number of rotatable bonds is 4. The summed E-state index contributed by atoms with van der Waals surface area (Å²) in [5, 5.41) is 10.3. The molecule has 2 aromatic rings. The molecule has 0 bridgehead atoms. The summed E-state index contributed by atoms with van der Waals surface area (Å²) < 4.78 is 13.0. The van der Waals surface area contributed by atoms with Crippen molar-refractivity contribution in [2.24, 2.45) is 0 Å². The molecule has 1 atom stereocenters. The van der Waals surface area contributed by atoms with Gasteiger partial charge in [0.05, 0.1) is 6.10 Å². The van der Waals surface area contributed by atoms with Gasteiger partial charge < -0.3 is 10.0 Å². The number of hydrogen-bond acceptors (Lipinski definition) is 3. The van der Waals surface area contributed by atoms with E-state index < -0.39 is 6.10 Å². The Balaban J connectivity index is 1.57. The summed E-state index contributed by atoms with van der Waals surface area (Å²) in [5.41, 5.74) is 4.75. The average Bonchev–Trinajstić information content (AvgIpc) is 2.59. The van der Waals surface area contributed by atoms with E-state index in [0.29, 0.717) is 6.54 Å². The number of aryl methyl sites for hydroxylation is 1. The largest absolute Gasteiger partial charge is 0.387 e. The van der Waals surface area contributed by atoms with Crippen molar-refractivity contribution in [3.05, 3.63) is 65.0 Å². The normalized spacial score (nSPS) is 17.1. The first kappa shape index (κ1) is 16.9. The van der Waals surface area contributed by atoms with Crippen LogP contribution in [0.15, 0.2) is 42.5 Å². The standard InChI is InChI=1S/C20H25FN2O/c1-15-4-3-5-19(16(15)2)23-12-10-22(11-13-23)14-20(24)17-6-8-18(21)9-7-17/h3-9,20,24H,10-14H2,1-2H3. The summed E-state index contributed by atoms with van der Waals surface area (Å²) >= 11 is 0. The van der Waals surface area contributed by atoms with Gasteiger partial charge in [-0.25, -0.2) is 4.39 Å². The van der Waals surface area contributed by atoms with Crippen molar-refractivity contribution >= 4 is 5.69 Å². The number of benzene rings is 2. The molecule has 0 aliphatic carbocycles. The highest BCUT2D eigenvalue weighted by Crippen LogP contribution is 2.24. The highest BCUT2D eigenvalue weighted by Gasteiger charge is 2.21. The Hall–Kier alpha value is -1.91. The fourth-order valence-electron chi connectivity index (χ4n) is 3.28. The maximum Gasteiger partial charge on any atom is 0.123 e. The maximum atomic E-state index is 13.0. The first-order chi connectivity index (χ1) is 11.5. The van der Waals surface area contributed by atoms with Crippen LogP contribution in [0.4, 0.5) is 10.1 Å². The topological polar surface area (TPSA) is 26.7 Å². The zero-order valence-electron chi connectivity index (χ0n) is 14.4. The quantitative estimate of drug-likeness (QED) is 0.933. The molecule has 1 aliphatic heterocycles. The molecule has 2 aromatic carbocycles. The molecule has 0 aromatic heterocycles. The molecule has 0 amide bonds. The third-order valence-electron chi connectivity index (χ3n) is 4.97. The van der Waals surface area contributed by atoms with Gasteiger partial charge in [-0.3, -0.25) is 4.90 Å². The summed E-state index contributed by atoms with van der Waals surface area (Å²) in [6.07, 6.45) is -0.571. The van der Waals surface area contributed by atoms with E-state index in [1.54, 1.807) is 12.1 Å². The van der Waals surface area contributed by atoms with E-state index in [9.17, 15) is 9.50 Å². The molecule has 0 saturated carbocycles. The van der Waals surface area contributed by atoms with E-state index in [4.69, 9.17) is 0 Å². The van der Waals surface area contributed by atoms with Crippen molar-refractivity contribution in [3.63, 3.8) is 0 Å². The van der Waals surface area contributed by atoms with Crippen molar-refractivity contribution in [1.82, 2.24) is 4.90 Å². The van der Waals surface area contributed by atoms with Gasteiger partial charge in [-0.05, 0) is 48.7 Å². The minimum atomic E-state index is -0.571. The Morgan fingerprint density at radius 1 is 1.00 bits per heavy atom. The molecular formula is C20H25FN2O. The number of hydrogen-bond donors (Lipinski definition) is 1. The molecule has 1 fully saturated rings. The van der Waals surface area contributed by atoms with Crippen LogP contribution in [0, 0.1) is 19.7 Å². The van der Waals surface area contributed by atoms with E-state index in [0.717, 1.165) is 31.7 Å². The van der Waals surface area contributed by atoms with Crippen molar-refractivity contribution in [3.8, 4) is 0 Å². The highest BCUT2D eigenvalue weighted by molar-refractivity contribution is 5.56. The first-order valence-corrected chi connectivity index (χ1v) is 8.51. The van der Waals surface area contributed by atoms with Gasteiger partial charge >= 0.3 is 0 Å². The Labute approximate surface area is 143 Å². The van der Waals surface area contributed by atoms with Crippen LogP contribution < -0.4 is 4.90 Å². The lowest BCUT2D eigenvalue weighted by Gasteiger charge is -2.37. The fourth-order valence-corrected chi connectivity index (χ4v) is 3.28. The molecule has 1 heterocycles. The molecule has 0 radical (unpaired) electrons. The van der Waals surface area contributed by atoms with E-state index in [1.807, 2.05) is 0 Å². The van der Waals surface area contributed by atoms with Gasteiger partial charge in [0.1, 0.15) is 5.82 Å². The van der Waals surface area contributed by atoms with Crippen molar-refractivity contribution < 1.29 is 9.50 Å². The SMILES string of the molecule is Cc1cccc(N2CCN(CC(O)c3ccc(F)cc3)CC2)c1C. The highest BCUT2D eigenvalue weighted by atomic mass is 19.1. The molecule has 1 N–H and O–H groups in total. The van der Waals surface area contributed by atoms with Crippen LogP contribution in [0.3, 0.4) is 0 Å². The van der Waals surface area contributed by atoms with Crippen LogP contribution >= 0.6 is 0 Å². The monoisotopic (exact) mass is 328 g/mol. The second-order valence-corrected chi connectivity index (χ2v) is 6.57. The van der Waals surface area contributed by atoms with Crippen molar-refractivity contribution in [1.29, 1.82) is 0 Å². The summed E-state index contributed by atoms with van der Waals surface area (Å²) in [7, 11) is 0. The molecule has 1 aliphatic rings. The third kappa shape index (κ3) is 3.77. The lowest BCUT2D eigenvalue weighted by Crippen LogP contribution is -2.47. The van der Waals surface area contributed by atoms with Gasteiger partial charge in [-0.2, -0.15) is 0 Å².